The van der Waals surface area contributed by atoms with Gasteiger partial charge in [-0.05, 0) is 44.9 Å². The lowest BCUT2D eigenvalue weighted by atomic mass is 10.1. The van der Waals surface area contributed by atoms with Gasteiger partial charge in [-0.15, -0.1) is 0 Å². The number of aryl methyl sites for hydroxylation is 1. The molecule has 4 heteroatoms. The minimum absolute atomic E-state index is 0.0845. The van der Waals surface area contributed by atoms with Crippen LogP contribution in [0.2, 0.25) is 0 Å². The number of anilines is 1. The Labute approximate surface area is 128 Å². The van der Waals surface area contributed by atoms with Crippen molar-refractivity contribution in [3.63, 3.8) is 0 Å². The van der Waals surface area contributed by atoms with Crippen LogP contribution in [0.4, 0.5) is 5.69 Å². The Morgan fingerprint density at radius 3 is 2.38 bits per heavy atom. The third-order valence-electron chi connectivity index (χ3n) is 3.72. The van der Waals surface area contributed by atoms with Crippen LogP contribution in [0.25, 0.3) is 0 Å². The molecule has 21 heavy (non-hydrogen) atoms. The summed E-state index contributed by atoms with van der Waals surface area (Å²) in [6.45, 7) is 8.08. The van der Waals surface area contributed by atoms with Crippen molar-refractivity contribution in [3.05, 3.63) is 29.8 Å². The van der Waals surface area contributed by atoms with E-state index < -0.39 is 0 Å². The van der Waals surface area contributed by atoms with E-state index in [4.69, 9.17) is 5.73 Å². The highest BCUT2D eigenvalue weighted by Crippen LogP contribution is 2.15. The zero-order chi connectivity index (χ0) is 15.7. The summed E-state index contributed by atoms with van der Waals surface area (Å²) < 4.78 is 0. The maximum Gasteiger partial charge on any atom is 0.239 e. The molecule has 0 fully saturated rings. The van der Waals surface area contributed by atoms with Gasteiger partial charge in [0.05, 0.1) is 6.54 Å². The Balaban J connectivity index is 2.69. The first-order valence-electron chi connectivity index (χ1n) is 7.91. The van der Waals surface area contributed by atoms with Gasteiger partial charge in [-0.3, -0.25) is 4.79 Å². The second kappa shape index (κ2) is 9.40. The van der Waals surface area contributed by atoms with Crippen molar-refractivity contribution in [3.8, 4) is 0 Å². The summed E-state index contributed by atoms with van der Waals surface area (Å²) in [6, 6.07) is 8.55. The van der Waals surface area contributed by atoms with Gasteiger partial charge in [0.25, 0.3) is 0 Å². The molecule has 1 aromatic rings. The van der Waals surface area contributed by atoms with Crippen molar-refractivity contribution in [2.75, 3.05) is 24.5 Å². The maximum absolute atomic E-state index is 12.2. The lowest BCUT2D eigenvalue weighted by Gasteiger charge is -2.25. The fraction of sp³-hybridized carbons (Fsp3) is 0.588. The zero-order valence-corrected chi connectivity index (χ0v) is 13.6. The molecular weight excluding hydrogens is 262 g/mol. The van der Waals surface area contributed by atoms with E-state index in [1.807, 2.05) is 0 Å². The number of nitrogens with zero attached hydrogens (tertiary/aromatic N) is 1. The van der Waals surface area contributed by atoms with Crippen LogP contribution >= 0.6 is 0 Å². The third-order valence-corrected chi connectivity index (χ3v) is 3.72. The summed E-state index contributed by atoms with van der Waals surface area (Å²) in [5, 5.41) is 3.09. The second-order valence-electron chi connectivity index (χ2n) is 5.48. The molecular formula is C17H29N3O. The van der Waals surface area contributed by atoms with E-state index in [9.17, 15) is 4.79 Å². The van der Waals surface area contributed by atoms with Crippen molar-refractivity contribution in [1.29, 1.82) is 0 Å². The molecule has 0 radical (unpaired) electrons. The quantitative estimate of drug-likeness (QED) is 0.735. The van der Waals surface area contributed by atoms with Gasteiger partial charge in [-0.25, -0.2) is 0 Å². The fourth-order valence-corrected chi connectivity index (χ4v) is 2.28. The Morgan fingerprint density at radius 1 is 1.24 bits per heavy atom. The van der Waals surface area contributed by atoms with Crippen LogP contribution in [-0.4, -0.2) is 31.6 Å². The van der Waals surface area contributed by atoms with E-state index in [0.29, 0.717) is 13.1 Å². The van der Waals surface area contributed by atoms with Crippen LogP contribution in [0.1, 0.15) is 38.7 Å². The van der Waals surface area contributed by atoms with E-state index in [2.05, 4.69) is 55.3 Å². The summed E-state index contributed by atoms with van der Waals surface area (Å²) in [6.07, 6.45) is 2.82. The van der Waals surface area contributed by atoms with E-state index in [1.165, 1.54) is 5.56 Å². The fourth-order valence-electron chi connectivity index (χ4n) is 2.28. The molecule has 1 aromatic carbocycles. The van der Waals surface area contributed by atoms with Crippen molar-refractivity contribution in [2.45, 2.75) is 46.1 Å². The molecule has 0 saturated carbocycles. The largest absolute Gasteiger partial charge is 0.362 e. The SMILES string of the molecule is CCC(CC)NC(=O)CN(CCCN)c1ccc(C)cc1. The number of nitrogens with one attached hydrogen (secondary N) is 1. The first kappa shape index (κ1) is 17.5. The molecule has 0 aliphatic rings. The van der Waals surface area contributed by atoms with E-state index in [0.717, 1.165) is 31.5 Å². The molecule has 0 aliphatic heterocycles. The van der Waals surface area contributed by atoms with Crippen LogP contribution in [-0.2, 0) is 4.79 Å². The van der Waals surface area contributed by atoms with E-state index >= 15 is 0 Å². The molecule has 0 saturated heterocycles. The molecule has 0 atom stereocenters. The minimum Gasteiger partial charge on any atom is -0.362 e. The molecule has 3 N–H and O–H groups in total. The first-order chi connectivity index (χ1) is 10.1. The lowest BCUT2D eigenvalue weighted by Crippen LogP contribution is -2.42. The van der Waals surface area contributed by atoms with Crippen molar-refractivity contribution in [2.24, 2.45) is 5.73 Å². The molecule has 0 aliphatic carbocycles. The predicted octanol–water partition coefficient (Wildman–Crippen LogP) is 2.46. The molecule has 0 heterocycles. The Kier molecular flexibility index (Phi) is 7.83. The number of carbonyl (C=O) groups excluding carboxylic acids is 1. The standard InChI is InChI=1S/C17H29N3O/c1-4-15(5-2)19-17(21)13-20(12-6-11-18)16-9-7-14(3)8-10-16/h7-10,15H,4-6,11-13,18H2,1-3H3,(H,19,21). The van der Waals surface area contributed by atoms with E-state index in [1.54, 1.807) is 0 Å². The highest BCUT2D eigenvalue weighted by atomic mass is 16.2. The number of amides is 1. The smallest absolute Gasteiger partial charge is 0.239 e. The number of hydrogen-bond donors (Lipinski definition) is 2. The molecule has 0 unspecified atom stereocenters. The molecule has 118 valence electrons. The van der Waals surface area contributed by atoms with Gasteiger partial charge in [-0.1, -0.05) is 31.5 Å². The summed E-state index contributed by atoms with van der Waals surface area (Å²) in [5.41, 5.74) is 7.91. The normalized spacial score (nSPS) is 10.7. The van der Waals surface area contributed by atoms with Crippen LogP contribution < -0.4 is 16.0 Å². The highest BCUT2D eigenvalue weighted by molar-refractivity contribution is 5.81. The van der Waals surface area contributed by atoms with Crippen LogP contribution in [0, 0.1) is 6.92 Å². The molecule has 4 nitrogen and oxygen atoms in total. The monoisotopic (exact) mass is 291 g/mol. The van der Waals surface area contributed by atoms with Crippen LogP contribution in [0.5, 0.6) is 0 Å². The topological polar surface area (TPSA) is 58.4 Å². The minimum atomic E-state index is 0.0845. The average molecular weight is 291 g/mol. The van der Waals surface area contributed by atoms with Gasteiger partial charge < -0.3 is 16.0 Å². The number of benzene rings is 1. The molecule has 1 rings (SSSR count). The molecule has 0 bridgehead atoms. The zero-order valence-electron chi connectivity index (χ0n) is 13.6. The van der Waals surface area contributed by atoms with Gasteiger partial charge in [0.15, 0.2) is 0 Å². The van der Waals surface area contributed by atoms with Gasteiger partial charge in [0, 0.05) is 18.3 Å². The van der Waals surface area contributed by atoms with Gasteiger partial charge >= 0.3 is 0 Å². The first-order valence-corrected chi connectivity index (χ1v) is 7.91. The Bertz CT molecular complexity index is 413. The number of nitrogens with two attached hydrogens (primary N) is 1. The summed E-state index contributed by atoms with van der Waals surface area (Å²) >= 11 is 0. The van der Waals surface area contributed by atoms with Crippen molar-refractivity contribution in [1.82, 2.24) is 5.32 Å². The Hall–Kier alpha value is -1.55. The summed E-state index contributed by atoms with van der Waals surface area (Å²) in [7, 11) is 0. The molecule has 0 aromatic heterocycles. The Morgan fingerprint density at radius 2 is 1.86 bits per heavy atom. The summed E-state index contributed by atoms with van der Waals surface area (Å²) in [4.78, 5) is 14.3. The highest BCUT2D eigenvalue weighted by Gasteiger charge is 2.13. The summed E-state index contributed by atoms with van der Waals surface area (Å²) in [5.74, 6) is 0.0845. The van der Waals surface area contributed by atoms with Crippen LogP contribution in [0.3, 0.4) is 0 Å². The van der Waals surface area contributed by atoms with Gasteiger partial charge in [0.2, 0.25) is 5.91 Å². The van der Waals surface area contributed by atoms with Crippen molar-refractivity contribution < 1.29 is 4.79 Å². The van der Waals surface area contributed by atoms with E-state index in [-0.39, 0.29) is 11.9 Å². The maximum atomic E-state index is 12.2. The van der Waals surface area contributed by atoms with Crippen molar-refractivity contribution >= 4 is 11.6 Å². The molecule has 1 amide bonds. The number of rotatable bonds is 9. The van der Waals surface area contributed by atoms with Gasteiger partial charge in [-0.2, -0.15) is 0 Å². The van der Waals surface area contributed by atoms with Crippen LogP contribution in [0.15, 0.2) is 24.3 Å². The average Bonchev–Trinajstić information content (AvgIpc) is 2.50. The van der Waals surface area contributed by atoms with Gasteiger partial charge in [0.1, 0.15) is 0 Å². The lowest BCUT2D eigenvalue weighted by molar-refractivity contribution is -0.120. The molecule has 0 spiro atoms. The number of carbonyl (C=O) groups is 1. The number of hydrogen-bond acceptors (Lipinski definition) is 3. The predicted molar refractivity (Wildman–Crippen MR) is 89.6 cm³/mol. The second-order valence-corrected chi connectivity index (χ2v) is 5.48. The third kappa shape index (κ3) is 6.17.